The molecule has 2 aliphatic rings. The van der Waals surface area contributed by atoms with Crippen LogP contribution in [0.5, 0.6) is 0 Å². The highest BCUT2D eigenvalue weighted by molar-refractivity contribution is 6.00. The highest BCUT2D eigenvalue weighted by Crippen LogP contribution is 2.58. The minimum absolute atomic E-state index is 0.104. The van der Waals surface area contributed by atoms with Crippen molar-refractivity contribution in [3.63, 3.8) is 0 Å². The van der Waals surface area contributed by atoms with Crippen molar-refractivity contribution in [1.82, 2.24) is 9.97 Å². The van der Waals surface area contributed by atoms with E-state index in [0.29, 0.717) is 0 Å². The molecule has 10 rings (SSSR count). The number of hydrogen-bond donors (Lipinski definition) is 0. The van der Waals surface area contributed by atoms with Gasteiger partial charge in [-0.15, -0.1) is 0 Å². The fourth-order valence-corrected chi connectivity index (χ4v) is 8.81. The first-order chi connectivity index (χ1) is 24.7. The van der Waals surface area contributed by atoms with Crippen LogP contribution in [0.4, 0.5) is 0 Å². The van der Waals surface area contributed by atoms with Gasteiger partial charge in [-0.2, -0.15) is 0 Å². The zero-order valence-corrected chi connectivity index (χ0v) is 27.9. The van der Waals surface area contributed by atoms with Crippen molar-refractivity contribution in [1.29, 1.82) is 0 Å². The van der Waals surface area contributed by atoms with Gasteiger partial charge in [0.2, 0.25) is 0 Å². The number of hydrogen-bond acceptors (Lipinski definition) is 2. The van der Waals surface area contributed by atoms with Crippen molar-refractivity contribution in [2.24, 2.45) is 0 Å². The normalized spacial score (nSPS) is 14.6. The van der Waals surface area contributed by atoms with Crippen LogP contribution in [0.1, 0.15) is 43.2 Å². The molecule has 0 bridgehead atoms. The van der Waals surface area contributed by atoms with E-state index in [1.54, 1.807) is 0 Å². The Kier molecular flexibility index (Phi) is 6.77. The summed E-state index contributed by atoms with van der Waals surface area (Å²) in [7, 11) is 0. The molecule has 7 aromatic carbocycles. The predicted molar refractivity (Wildman–Crippen MR) is 208 cm³/mol. The van der Waals surface area contributed by atoms with E-state index in [-0.39, 0.29) is 5.41 Å². The molecule has 1 aromatic heterocycles. The first-order valence-electron chi connectivity index (χ1n) is 18.0. The molecular weight excluding hydrogens is 605 g/mol. The molecule has 1 heterocycles. The highest BCUT2D eigenvalue weighted by atomic mass is 14.9. The molecule has 0 saturated heterocycles. The molecule has 2 nitrogen and oxygen atoms in total. The van der Waals surface area contributed by atoms with Gasteiger partial charge in [-0.25, -0.2) is 9.97 Å². The fourth-order valence-electron chi connectivity index (χ4n) is 8.81. The Bertz CT molecular complexity index is 2500. The molecule has 1 fully saturated rings. The summed E-state index contributed by atoms with van der Waals surface area (Å²) in [4.78, 5) is 10.1. The van der Waals surface area contributed by atoms with Crippen molar-refractivity contribution >= 4 is 21.5 Å². The van der Waals surface area contributed by atoms with Gasteiger partial charge in [-0.3, -0.25) is 0 Å². The second-order valence-corrected chi connectivity index (χ2v) is 14.1. The number of nitrogens with zero attached hydrogens (tertiary/aromatic N) is 2. The maximum atomic E-state index is 5.12. The Morgan fingerprint density at radius 3 is 1.78 bits per heavy atom. The summed E-state index contributed by atoms with van der Waals surface area (Å²) in [5.41, 5.74) is 13.6. The molecular formula is C48H36N2. The zero-order chi connectivity index (χ0) is 33.1. The van der Waals surface area contributed by atoms with Crippen LogP contribution in [0.3, 0.4) is 0 Å². The summed E-state index contributed by atoms with van der Waals surface area (Å²) in [6.45, 7) is 0. The molecule has 1 saturated carbocycles. The van der Waals surface area contributed by atoms with E-state index >= 15 is 0 Å². The van der Waals surface area contributed by atoms with E-state index in [2.05, 4.69) is 133 Å². The number of benzene rings is 7. The van der Waals surface area contributed by atoms with E-state index in [1.165, 1.54) is 87.0 Å². The van der Waals surface area contributed by atoms with Gasteiger partial charge >= 0.3 is 0 Å². The van der Waals surface area contributed by atoms with Crippen LogP contribution in [0.15, 0.2) is 158 Å². The van der Waals surface area contributed by atoms with Crippen molar-refractivity contribution in [2.45, 2.75) is 37.5 Å². The average Bonchev–Trinajstić information content (AvgIpc) is 3.44. The Morgan fingerprint density at radius 1 is 0.380 bits per heavy atom. The van der Waals surface area contributed by atoms with Gasteiger partial charge in [0, 0.05) is 22.1 Å². The summed E-state index contributed by atoms with van der Waals surface area (Å²) >= 11 is 0. The maximum absolute atomic E-state index is 5.12. The fraction of sp³-hybridized carbons (Fsp3) is 0.125. The molecule has 0 amide bonds. The number of aromatic nitrogens is 2. The standard InChI is InChI=1S/C48H36N2/c1-4-13-33(14-5-1)44-31-45(50-47(49-44)34-15-6-2-7-16-34)38-24-22-32-21-23-37(27-39(32)28-38)40-19-12-20-42-46(40)41-29-35-17-8-9-18-36(35)30-43(41)48(42)25-10-3-11-26-48/h1-2,4-9,12-24,27-31H,3,10-11,25-26H2. The summed E-state index contributed by atoms with van der Waals surface area (Å²) in [6, 6.07) is 57.5. The lowest BCUT2D eigenvalue weighted by Crippen LogP contribution is -2.28. The molecule has 2 heteroatoms. The Morgan fingerprint density at radius 2 is 1.02 bits per heavy atom. The molecule has 0 unspecified atom stereocenters. The van der Waals surface area contributed by atoms with Gasteiger partial charge < -0.3 is 0 Å². The van der Waals surface area contributed by atoms with Crippen LogP contribution in [0.2, 0.25) is 0 Å². The molecule has 1 spiro atoms. The Hall–Kier alpha value is -5.86. The predicted octanol–water partition coefficient (Wildman–Crippen LogP) is 12.7. The van der Waals surface area contributed by atoms with Crippen LogP contribution < -0.4 is 0 Å². The molecule has 8 aromatic rings. The van der Waals surface area contributed by atoms with Crippen LogP contribution in [0, 0.1) is 0 Å². The van der Waals surface area contributed by atoms with Gasteiger partial charge in [0.15, 0.2) is 5.82 Å². The van der Waals surface area contributed by atoms with Gasteiger partial charge in [-0.05, 0) is 98.1 Å². The van der Waals surface area contributed by atoms with Crippen molar-refractivity contribution in [3.05, 3.63) is 169 Å². The quantitative estimate of drug-likeness (QED) is 0.191. The van der Waals surface area contributed by atoms with E-state index in [4.69, 9.17) is 9.97 Å². The average molecular weight is 641 g/mol. The minimum Gasteiger partial charge on any atom is -0.228 e. The highest BCUT2D eigenvalue weighted by Gasteiger charge is 2.44. The molecule has 0 aliphatic heterocycles. The molecule has 0 atom stereocenters. The Balaban J connectivity index is 1.13. The Labute approximate surface area is 293 Å². The largest absolute Gasteiger partial charge is 0.228 e. The third-order valence-electron chi connectivity index (χ3n) is 11.2. The lowest BCUT2D eigenvalue weighted by Gasteiger charge is -2.36. The summed E-state index contributed by atoms with van der Waals surface area (Å²) in [5.74, 6) is 0.735. The van der Waals surface area contributed by atoms with Gasteiger partial charge in [-0.1, -0.05) is 147 Å². The van der Waals surface area contributed by atoms with E-state index in [1.807, 2.05) is 24.3 Å². The third kappa shape index (κ3) is 4.70. The first-order valence-corrected chi connectivity index (χ1v) is 18.0. The SMILES string of the molecule is c1ccc(-c2cc(-c3ccc4ccc(-c5cccc6c5-c5cc7ccccc7cc5C65CCCCC5)cc4c3)nc(-c3ccccc3)n2)cc1. The van der Waals surface area contributed by atoms with Gasteiger partial charge in [0.05, 0.1) is 11.4 Å². The molecule has 0 radical (unpaired) electrons. The van der Waals surface area contributed by atoms with Crippen molar-refractivity contribution in [3.8, 4) is 56.2 Å². The van der Waals surface area contributed by atoms with E-state index in [9.17, 15) is 0 Å². The topological polar surface area (TPSA) is 25.8 Å². The van der Waals surface area contributed by atoms with E-state index in [0.717, 1.165) is 33.9 Å². The second-order valence-electron chi connectivity index (χ2n) is 14.1. The van der Waals surface area contributed by atoms with Crippen LogP contribution >= 0.6 is 0 Å². The summed E-state index contributed by atoms with van der Waals surface area (Å²) < 4.78 is 0. The van der Waals surface area contributed by atoms with Crippen LogP contribution in [0.25, 0.3) is 77.7 Å². The van der Waals surface area contributed by atoms with Crippen molar-refractivity contribution in [2.75, 3.05) is 0 Å². The number of rotatable bonds is 4. The third-order valence-corrected chi connectivity index (χ3v) is 11.2. The first kappa shape index (κ1) is 29.1. The molecule has 0 N–H and O–H groups in total. The lowest BCUT2D eigenvalue weighted by atomic mass is 9.67. The smallest absolute Gasteiger partial charge is 0.160 e. The second kappa shape index (κ2) is 11.6. The van der Waals surface area contributed by atoms with Crippen LogP contribution in [-0.4, -0.2) is 9.97 Å². The maximum Gasteiger partial charge on any atom is 0.160 e. The molecule has 50 heavy (non-hydrogen) atoms. The monoisotopic (exact) mass is 640 g/mol. The lowest BCUT2D eigenvalue weighted by molar-refractivity contribution is 0.353. The molecule has 238 valence electrons. The minimum atomic E-state index is 0.104. The number of fused-ring (bicyclic) bond motifs is 7. The summed E-state index contributed by atoms with van der Waals surface area (Å²) in [6.07, 6.45) is 6.36. The van der Waals surface area contributed by atoms with Gasteiger partial charge in [0.1, 0.15) is 0 Å². The summed E-state index contributed by atoms with van der Waals surface area (Å²) in [5, 5.41) is 5.10. The van der Waals surface area contributed by atoms with Gasteiger partial charge in [0.25, 0.3) is 0 Å². The van der Waals surface area contributed by atoms with Crippen LogP contribution in [-0.2, 0) is 5.41 Å². The van der Waals surface area contributed by atoms with Crippen molar-refractivity contribution < 1.29 is 0 Å². The molecule has 2 aliphatic carbocycles. The van der Waals surface area contributed by atoms with E-state index < -0.39 is 0 Å². The zero-order valence-electron chi connectivity index (χ0n) is 27.9.